The topological polar surface area (TPSA) is 137 Å². The van der Waals surface area contributed by atoms with Gasteiger partial charge in [-0.2, -0.15) is 0 Å². The highest BCUT2D eigenvalue weighted by molar-refractivity contribution is 5.95. The van der Waals surface area contributed by atoms with Crippen LogP contribution >= 0.6 is 0 Å². The minimum absolute atomic E-state index is 0.0817. The fourth-order valence-electron chi connectivity index (χ4n) is 3.19. The van der Waals surface area contributed by atoms with Crippen LogP contribution in [0.4, 0.5) is 0 Å². The highest BCUT2D eigenvalue weighted by Crippen LogP contribution is 2.12. The molecule has 1 aliphatic rings. The van der Waals surface area contributed by atoms with E-state index in [1.165, 1.54) is 12.1 Å². The zero-order chi connectivity index (χ0) is 22.2. The third-order valence-corrected chi connectivity index (χ3v) is 4.81. The largest absolute Gasteiger partial charge is 0.508 e. The fraction of sp³-hybridized carbons (Fsp3) is 0.273. The van der Waals surface area contributed by atoms with Gasteiger partial charge in [0.25, 0.3) is 0 Å². The molecule has 1 aliphatic heterocycles. The van der Waals surface area contributed by atoms with Crippen LogP contribution in [0.25, 0.3) is 0 Å². The Labute approximate surface area is 179 Å². The summed E-state index contributed by atoms with van der Waals surface area (Å²) in [6.07, 6.45) is 0.366. The van der Waals surface area contributed by atoms with E-state index < -0.39 is 35.7 Å². The maximum atomic E-state index is 13.0. The van der Waals surface area contributed by atoms with Gasteiger partial charge in [0.15, 0.2) is 0 Å². The molecule has 0 aromatic heterocycles. The van der Waals surface area contributed by atoms with Crippen molar-refractivity contribution >= 4 is 23.6 Å². The Bertz CT molecular complexity index is 946. The lowest BCUT2D eigenvalue weighted by atomic mass is 10.0. The fourth-order valence-corrected chi connectivity index (χ4v) is 3.19. The number of hydrogen-bond acceptors (Lipinski definition) is 5. The van der Waals surface area contributed by atoms with Gasteiger partial charge >= 0.3 is 0 Å². The van der Waals surface area contributed by atoms with Crippen molar-refractivity contribution in [2.75, 3.05) is 13.1 Å². The predicted molar refractivity (Wildman–Crippen MR) is 112 cm³/mol. The molecule has 0 spiro atoms. The average Bonchev–Trinajstić information content (AvgIpc) is 2.76. The Hall–Kier alpha value is -3.88. The molecule has 2 atom stereocenters. The number of rotatable bonds is 4. The first-order chi connectivity index (χ1) is 14.9. The lowest BCUT2D eigenvalue weighted by Gasteiger charge is -2.24. The number of carbonyl (C=O) groups excluding carboxylic acids is 4. The second-order valence-corrected chi connectivity index (χ2v) is 7.24. The van der Waals surface area contributed by atoms with Gasteiger partial charge in [-0.25, -0.2) is 0 Å². The van der Waals surface area contributed by atoms with E-state index in [2.05, 4.69) is 21.3 Å². The molecule has 2 aromatic rings. The molecule has 31 heavy (non-hydrogen) atoms. The summed E-state index contributed by atoms with van der Waals surface area (Å²) in [5, 5.41) is 19.7. The summed E-state index contributed by atoms with van der Waals surface area (Å²) in [6.45, 7) is -0.619. The van der Waals surface area contributed by atoms with E-state index in [-0.39, 0.29) is 31.7 Å². The minimum atomic E-state index is -0.973. The van der Waals surface area contributed by atoms with Gasteiger partial charge in [-0.3, -0.25) is 19.2 Å². The minimum Gasteiger partial charge on any atom is -0.508 e. The summed E-state index contributed by atoms with van der Waals surface area (Å²) in [6, 6.07) is 13.5. The number of benzene rings is 2. The number of amides is 4. The second kappa shape index (κ2) is 10.2. The molecule has 2 aromatic carbocycles. The zero-order valence-electron chi connectivity index (χ0n) is 16.8. The van der Waals surface area contributed by atoms with Gasteiger partial charge in [-0.05, 0) is 23.3 Å². The molecule has 9 nitrogen and oxygen atoms in total. The molecule has 0 aliphatic carbocycles. The lowest BCUT2D eigenvalue weighted by molar-refractivity contribution is -0.133. The van der Waals surface area contributed by atoms with Crippen molar-refractivity contribution in [3.05, 3.63) is 65.7 Å². The number of carbonyl (C=O) groups is 4. The Morgan fingerprint density at radius 2 is 1.26 bits per heavy atom. The van der Waals surface area contributed by atoms with Crippen molar-refractivity contribution in [1.29, 1.82) is 0 Å². The molecular formula is C22H24N4O5. The first-order valence-electron chi connectivity index (χ1n) is 9.86. The monoisotopic (exact) mass is 424 g/mol. The third kappa shape index (κ3) is 6.56. The van der Waals surface area contributed by atoms with Gasteiger partial charge in [-0.15, -0.1) is 0 Å². The summed E-state index contributed by atoms with van der Waals surface area (Å²) < 4.78 is 0. The van der Waals surface area contributed by atoms with E-state index in [9.17, 15) is 24.3 Å². The molecule has 4 amide bonds. The summed E-state index contributed by atoms with van der Waals surface area (Å²) >= 11 is 0. The summed E-state index contributed by atoms with van der Waals surface area (Å²) in [7, 11) is 0. The molecular weight excluding hydrogens is 400 g/mol. The molecule has 9 heteroatoms. The van der Waals surface area contributed by atoms with E-state index >= 15 is 0 Å². The SMILES string of the molecule is O=C1CNC(=O)[C@H](Cc2ccc(O)cc2)NC(=O)[C@H](Cc2ccccc2)NC(=O)CN1. The number of aromatic hydroxyl groups is 1. The molecule has 3 rings (SSSR count). The van der Waals surface area contributed by atoms with Crippen LogP contribution in [0.15, 0.2) is 54.6 Å². The van der Waals surface area contributed by atoms with Crippen LogP contribution in [0.3, 0.4) is 0 Å². The molecule has 1 heterocycles. The van der Waals surface area contributed by atoms with Crippen LogP contribution in [0, 0.1) is 0 Å². The van der Waals surface area contributed by atoms with Crippen molar-refractivity contribution in [2.24, 2.45) is 0 Å². The number of phenols is 1. The molecule has 0 bridgehead atoms. The third-order valence-electron chi connectivity index (χ3n) is 4.81. The molecule has 0 radical (unpaired) electrons. The van der Waals surface area contributed by atoms with Gasteiger partial charge in [0.2, 0.25) is 23.6 Å². The molecule has 1 fully saturated rings. The first-order valence-corrected chi connectivity index (χ1v) is 9.86. The van der Waals surface area contributed by atoms with Crippen molar-refractivity contribution in [3.8, 4) is 5.75 Å². The average molecular weight is 424 g/mol. The maximum absolute atomic E-state index is 13.0. The van der Waals surface area contributed by atoms with Gasteiger partial charge < -0.3 is 26.4 Å². The van der Waals surface area contributed by atoms with Crippen LogP contribution in [0.5, 0.6) is 5.75 Å². The van der Waals surface area contributed by atoms with E-state index in [4.69, 9.17) is 0 Å². The number of hydrogen-bond donors (Lipinski definition) is 5. The van der Waals surface area contributed by atoms with Crippen LogP contribution < -0.4 is 21.3 Å². The first kappa shape index (κ1) is 21.8. The van der Waals surface area contributed by atoms with E-state index in [0.717, 1.165) is 5.56 Å². The number of nitrogens with one attached hydrogen (secondary N) is 4. The van der Waals surface area contributed by atoms with E-state index in [0.29, 0.717) is 5.56 Å². The zero-order valence-corrected chi connectivity index (χ0v) is 16.8. The predicted octanol–water partition coefficient (Wildman–Crippen LogP) is -0.607. The molecule has 5 N–H and O–H groups in total. The quantitative estimate of drug-likeness (QED) is 0.446. The molecule has 162 valence electrons. The number of phenolic OH excluding ortho intramolecular Hbond substituents is 1. The van der Waals surface area contributed by atoms with Gasteiger partial charge in [0.05, 0.1) is 13.1 Å². The van der Waals surface area contributed by atoms with Crippen LogP contribution in [-0.2, 0) is 32.0 Å². The van der Waals surface area contributed by atoms with E-state index in [1.807, 2.05) is 30.3 Å². The van der Waals surface area contributed by atoms with Crippen molar-refractivity contribution in [1.82, 2.24) is 21.3 Å². The summed E-state index contributed by atoms with van der Waals surface area (Å²) in [4.78, 5) is 49.8. The standard InChI is InChI=1S/C22H24N4O5/c27-16-8-6-15(7-9-16)11-17-21(30)24-12-19(28)23-13-20(29)25-18(22(31)26-17)10-14-4-2-1-3-5-14/h1-9,17-18,27H,10-13H2,(H,23,28)(H,24,30)(H,25,29)(H,26,31)/t17-,18-/m0/s1. The highest BCUT2D eigenvalue weighted by atomic mass is 16.3. The Balaban J connectivity index is 1.83. The molecule has 0 saturated carbocycles. The maximum Gasteiger partial charge on any atom is 0.243 e. The summed E-state index contributed by atoms with van der Waals surface area (Å²) in [5.74, 6) is -1.98. The van der Waals surface area contributed by atoms with Crippen LogP contribution in [0.1, 0.15) is 11.1 Å². The molecule has 0 unspecified atom stereocenters. The normalized spacial score (nSPS) is 20.4. The van der Waals surface area contributed by atoms with Gasteiger partial charge in [0, 0.05) is 12.8 Å². The van der Waals surface area contributed by atoms with Crippen molar-refractivity contribution in [2.45, 2.75) is 24.9 Å². The Morgan fingerprint density at radius 1 is 0.677 bits per heavy atom. The van der Waals surface area contributed by atoms with E-state index in [1.54, 1.807) is 12.1 Å². The van der Waals surface area contributed by atoms with Gasteiger partial charge in [-0.1, -0.05) is 42.5 Å². The van der Waals surface area contributed by atoms with Crippen LogP contribution in [0.2, 0.25) is 0 Å². The smallest absolute Gasteiger partial charge is 0.243 e. The highest BCUT2D eigenvalue weighted by Gasteiger charge is 2.28. The lowest BCUT2D eigenvalue weighted by Crippen LogP contribution is -2.57. The second-order valence-electron chi connectivity index (χ2n) is 7.24. The molecule has 1 saturated heterocycles. The van der Waals surface area contributed by atoms with Gasteiger partial charge in [0.1, 0.15) is 17.8 Å². The van der Waals surface area contributed by atoms with Crippen molar-refractivity contribution < 1.29 is 24.3 Å². The Morgan fingerprint density at radius 3 is 1.94 bits per heavy atom. The van der Waals surface area contributed by atoms with Crippen LogP contribution in [-0.4, -0.2) is 53.9 Å². The van der Waals surface area contributed by atoms with Crippen molar-refractivity contribution in [3.63, 3.8) is 0 Å². The summed E-state index contributed by atoms with van der Waals surface area (Å²) in [5.41, 5.74) is 1.54. The Kier molecular flexibility index (Phi) is 7.21.